The van der Waals surface area contributed by atoms with Gasteiger partial charge in [0, 0.05) is 0 Å². The van der Waals surface area contributed by atoms with Gasteiger partial charge in [-0.3, -0.25) is 4.79 Å². The van der Waals surface area contributed by atoms with Crippen LogP contribution in [0.5, 0.6) is 0 Å². The molecule has 0 rings (SSSR count). The minimum Gasteiger partial charge on any atom is -0.480 e. The number of carboxylic acids is 1. The molecule has 0 heterocycles. The van der Waals surface area contributed by atoms with Crippen LogP contribution < -0.4 is 10.6 Å². The number of aliphatic carboxylic acids is 1. The molecule has 13 heavy (non-hydrogen) atoms. The van der Waals surface area contributed by atoms with Gasteiger partial charge in [0.2, 0.25) is 5.91 Å². The molecule has 0 aliphatic carbocycles. The molecular weight excluding hydrogens is 176 g/mol. The molecule has 0 aromatic carbocycles. The van der Waals surface area contributed by atoms with Crippen LogP contribution in [0.2, 0.25) is 0 Å². The molecule has 0 radical (unpaired) electrons. The second kappa shape index (κ2) is 5.50. The topological polar surface area (TPSA) is 98.7 Å². The zero-order chi connectivity index (χ0) is 10.4. The van der Waals surface area contributed by atoms with Gasteiger partial charge in [0.05, 0.1) is 12.6 Å². The molecule has 0 spiro atoms. The highest BCUT2D eigenvalue weighted by Crippen LogP contribution is 1.86. The van der Waals surface area contributed by atoms with E-state index >= 15 is 0 Å². The van der Waals surface area contributed by atoms with Crippen LogP contribution >= 0.6 is 0 Å². The molecule has 76 valence electrons. The first-order chi connectivity index (χ1) is 6.02. The van der Waals surface area contributed by atoms with E-state index in [1.54, 1.807) is 14.0 Å². The minimum atomic E-state index is -1.25. The summed E-state index contributed by atoms with van der Waals surface area (Å²) in [5.41, 5.74) is 0. The van der Waals surface area contributed by atoms with Crippen LogP contribution in [0.25, 0.3) is 0 Å². The molecule has 6 heteroatoms. The summed E-state index contributed by atoms with van der Waals surface area (Å²) in [5.74, 6) is -1.71. The zero-order valence-electron chi connectivity index (χ0n) is 7.57. The van der Waals surface area contributed by atoms with Gasteiger partial charge in [0.1, 0.15) is 6.04 Å². The molecule has 2 atom stereocenters. The van der Waals surface area contributed by atoms with E-state index in [9.17, 15) is 9.59 Å². The first kappa shape index (κ1) is 11.9. The first-order valence-corrected chi connectivity index (χ1v) is 3.84. The standard InChI is InChI=1S/C7H14N2O4/c1-4(8-2)6(11)9-5(3-10)7(12)13/h4-5,8,10H,3H2,1-2H3,(H,9,11)(H,12,13)/t4?,5-/m0/s1. The summed E-state index contributed by atoms with van der Waals surface area (Å²) in [6, 6.07) is -1.71. The fraction of sp³-hybridized carbons (Fsp3) is 0.714. The Morgan fingerprint density at radius 1 is 1.46 bits per heavy atom. The van der Waals surface area contributed by atoms with E-state index in [-0.39, 0.29) is 0 Å². The molecule has 0 aliphatic heterocycles. The Hall–Kier alpha value is -1.14. The summed E-state index contributed by atoms with van der Waals surface area (Å²) in [7, 11) is 1.58. The van der Waals surface area contributed by atoms with E-state index in [0.717, 1.165) is 0 Å². The highest BCUT2D eigenvalue weighted by Gasteiger charge is 2.20. The van der Waals surface area contributed by atoms with Crippen LogP contribution in [0.4, 0.5) is 0 Å². The Bertz CT molecular complexity index is 195. The Labute approximate surface area is 75.9 Å². The monoisotopic (exact) mass is 190 g/mol. The Morgan fingerprint density at radius 2 is 2.00 bits per heavy atom. The quantitative estimate of drug-likeness (QED) is 0.408. The Kier molecular flexibility index (Phi) is 5.01. The van der Waals surface area contributed by atoms with Crippen LogP contribution in [0.3, 0.4) is 0 Å². The normalized spacial score (nSPS) is 14.7. The van der Waals surface area contributed by atoms with Crippen molar-refractivity contribution >= 4 is 11.9 Å². The van der Waals surface area contributed by atoms with Crippen LogP contribution in [0.1, 0.15) is 6.92 Å². The number of aliphatic hydroxyl groups excluding tert-OH is 1. The van der Waals surface area contributed by atoms with Crippen LogP contribution in [-0.2, 0) is 9.59 Å². The Balaban J connectivity index is 4.09. The molecule has 0 aliphatic rings. The van der Waals surface area contributed by atoms with E-state index in [1.807, 2.05) is 0 Å². The predicted molar refractivity (Wildman–Crippen MR) is 45.2 cm³/mol. The highest BCUT2D eigenvalue weighted by atomic mass is 16.4. The van der Waals surface area contributed by atoms with Crippen molar-refractivity contribution in [2.24, 2.45) is 0 Å². The molecule has 4 N–H and O–H groups in total. The van der Waals surface area contributed by atoms with Crippen molar-refractivity contribution in [3.63, 3.8) is 0 Å². The number of amides is 1. The number of hydrogen-bond acceptors (Lipinski definition) is 4. The maximum absolute atomic E-state index is 11.1. The lowest BCUT2D eigenvalue weighted by atomic mass is 10.2. The molecule has 1 amide bonds. The number of nitrogens with one attached hydrogen (secondary N) is 2. The van der Waals surface area contributed by atoms with Gasteiger partial charge in [0.15, 0.2) is 0 Å². The average molecular weight is 190 g/mol. The minimum absolute atomic E-state index is 0.455. The number of likely N-dealkylation sites (N-methyl/N-ethyl adjacent to an activating group) is 1. The summed E-state index contributed by atoms with van der Waals surface area (Å²) in [5, 5.41) is 21.9. The van der Waals surface area contributed by atoms with E-state index < -0.39 is 30.6 Å². The molecule has 0 aromatic heterocycles. The Morgan fingerprint density at radius 3 is 2.31 bits per heavy atom. The molecule has 0 fully saturated rings. The van der Waals surface area contributed by atoms with Gasteiger partial charge in [-0.25, -0.2) is 4.79 Å². The number of hydrogen-bond donors (Lipinski definition) is 4. The van der Waals surface area contributed by atoms with Gasteiger partial charge in [-0.2, -0.15) is 0 Å². The fourth-order valence-corrected chi connectivity index (χ4v) is 0.613. The van der Waals surface area contributed by atoms with E-state index in [2.05, 4.69) is 10.6 Å². The van der Waals surface area contributed by atoms with Crippen LogP contribution in [0, 0.1) is 0 Å². The average Bonchev–Trinajstić information content (AvgIpc) is 2.11. The molecule has 6 nitrogen and oxygen atoms in total. The molecule has 0 saturated carbocycles. The van der Waals surface area contributed by atoms with Crippen molar-refractivity contribution in [2.75, 3.05) is 13.7 Å². The maximum atomic E-state index is 11.1. The van der Waals surface area contributed by atoms with Gasteiger partial charge in [0.25, 0.3) is 0 Å². The smallest absolute Gasteiger partial charge is 0.328 e. The van der Waals surface area contributed by atoms with Gasteiger partial charge in [-0.05, 0) is 14.0 Å². The lowest BCUT2D eigenvalue weighted by molar-refractivity contribution is -0.143. The van der Waals surface area contributed by atoms with Gasteiger partial charge < -0.3 is 20.8 Å². The summed E-state index contributed by atoms with van der Waals surface area (Å²) in [6.07, 6.45) is 0. The van der Waals surface area contributed by atoms with Crippen molar-refractivity contribution in [1.29, 1.82) is 0 Å². The van der Waals surface area contributed by atoms with E-state index in [4.69, 9.17) is 10.2 Å². The van der Waals surface area contributed by atoms with Crippen molar-refractivity contribution in [3.8, 4) is 0 Å². The van der Waals surface area contributed by atoms with Crippen molar-refractivity contribution in [3.05, 3.63) is 0 Å². The molecule has 1 unspecified atom stereocenters. The number of carbonyl (C=O) groups is 2. The number of aliphatic hydroxyl groups is 1. The largest absolute Gasteiger partial charge is 0.480 e. The second-order valence-corrected chi connectivity index (χ2v) is 2.59. The first-order valence-electron chi connectivity index (χ1n) is 3.84. The van der Waals surface area contributed by atoms with Gasteiger partial charge in [-0.1, -0.05) is 0 Å². The molecular formula is C7H14N2O4. The maximum Gasteiger partial charge on any atom is 0.328 e. The number of carboxylic acid groups (broad SMARTS) is 1. The summed E-state index contributed by atoms with van der Waals surface area (Å²) < 4.78 is 0. The SMILES string of the molecule is CNC(C)C(=O)N[C@@H](CO)C(=O)O. The third-order valence-electron chi connectivity index (χ3n) is 1.62. The molecule has 0 saturated heterocycles. The zero-order valence-corrected chi connectivity index (χ0v) is 7.57. The third-order valence-corrected chi connectivity index (χ3v) is 1.62. The number of carbonyl (C=O) groups excluding carboxylic acids is 1. The van der Waals surface area contributed by atoms with Crippen LogP contribution in [-0.4, -0.2) is 47.8 Å². The molecule has 0 bridgehead atoms. The van der Waals surface area contributed by atoms with Crippen molar-refractivity contribution < 1.29 is 19.8 Å². The lowest BCUT2D eigenvalue weighted by Crippen LogP contribution is -2.49. The van der Waals surface area contributed by atoms with E-state index in [1.165, 1.54) is 0 Å². The fourth-order valence-electron chi connectivity index (χ4n) is 0.613. The van der Waals surface area contributed by atoms with Crippen molar-refractivity contribution in [1.82, 2.24) is 10.6 Å². The second-order valence-electron chi connectivity index (χ2n) is 2.59. The van der Waals surface area contributed by atoms with Crippen LogP contribution in [0.15, 0.2) is 0 Å². The van der Waals surface area contributed by atoms with E-state index in [0.29, 0.717) is 0 Å². The van der Waals surface area contributed by atoms with Gasteiger partial charge in [-0.15, -0.1) is 0 Å². The lowest BCUT2D eigenvalue weighted by Gasteiger charge is -2.15. The van der Waals surface area contributed by atoms with Crippen molar-refractivity contribution in [2.45, 2.75) is 19.0 Å². The van der Waals surface area contributed by atoms with Gasteiger partial charge >= 0.3 is 5.97 Å². The molecule has 0 aromatic rings. The third kappa shape index (κ3) is 3.86. The summed E-state index contributed by atoms with van der Waals surface area (Å²) in [6.45, 7) is 0.975. The summed E-state index contributed by atoms with van der Waals surface area (Å²) in [4.78, 5) is 21.5. The summed E-state index contributed by atoms with van der Waals surface area (Å²) >= 11 is 0. The number of rotatable bonds is 5. The predicted octanol–water partition coefficient (Wildman–Crippen LogP) is -1.84. The highest BCUT2D eigenvalue weighted by molar-refractivity contribution is 5.86.